The van der Waals surface area contributed by atoms with Crippen LogP contribution in [-0.4, -0.2) is 49.2 Å². The molecule has 1 unspecified atom stereocenters. The highest BCUT2D eigenvalue weighted by Gasteiger charge is 2.65. The van der Waals surface area contributed by atoms with E-state index in [1.807, 2.05) is 19.9 Å². The Morgan fingerprint density at radius 2 is 2.21 bits per heavy atom. The molecule has 28 heavy (non-hydrogen) atoms. The molecule has 0 aromatic heterocycles. The molecule has 0 N–H and O–H groups in total. The predicted octanol–water partition coefficient (Wildman–Crippen LogP) is 3.10. The Morgan fingerprint density at radius 3 is 3.00 bits per heavy atom. The second kappa shape index (κ2) is 6.21. The molecular formula is C22H27NO5. The van der Waals surface area contributed by atoms with Crippen LogP contribution < -0.4 is 9.47 Å². The van der Waals surface area contributed by atoms with Gasteiger partial charge in [-0.3, -0.25) is 4.79 Å². The molecule has 1 saturated heterocycles. The second-order valence-corrected chi connectivity index (χ2v) is 9.14. The van der Waals surface area contributed by atoms with Crippen LogP contribution in [0, 0.1) is 11.8 Å². The molecule has 6 heteroatoms. The lowest BCUT2D eigenvalue weighted by atomic mass is 9.52. The van der Waals surface area contributed by atoms with Crippen LogP contribution in [0.25, 0.3) is 0 Å². The van der Waals surface area contributed by atoms with Gasteiger partial charge in [0.1, 0.15) is 0 Å². The Bertz CT molecular complexity index is 850. The first-order valence-corrected chi connectivity index (χ1v) is 10.3. The van der Waals surface area contributed by atoms with Gasteiger partial charge in [0.25, 0.3) is 0 Å². The lowest BCUT2D eigenvalue weighted by Gasteiger charge is -2.57. The average Bonchev–Trinajstić information content (AvgIpc) is 3.01. The van der Waals surface area contributed by atoms with Gasteiger partial charge in [0.15, 0.2) is 23.4 Å². The number of likely N-dealkylation sites (tertiary alicyclic amines) is 1. The number of benzene rings is 1. The van der Waals surface area contributed by atoms with E-state index in [0.29, 0.717) is 36.5 Å². The Kier molecular flexibility index (Phi) is 3.99. The van der Waals surface area contributed by atoms with Crippen molar-refractivity contribution in [3.8, 4) is 11.5 Å². The van der Waals surface area contributed by atoms with Crippen LogP contribution in [0.5, 0.6) is 11.5 Å². The zero-order valence-corrected chi connectivity index (χ0v) is 16.7. The predicted molar refractivity (Wildman–Crippen MR) is 102 cm³/mol. The van der Waals surface area contributed by atoms with Crippen molar-refractivity contribution >= 4 is 11.9 Å². The molecule has 2 heterocycles. The van der Waals surface area contributed by atoms with Gasteiger partial charge in [-0.25, -0.2) is 4.79 Å². The molecule has 5 rings (SSSR count). The van der Waals surface area contributed by atoms with E-state index in [1.165, 1.54) is 5.56 Å². The van der Waals surface area contributed by atoms with E-state index in [1.54, 1.807) is 6.07 Å². The number of hydrogen-bond donors (Lipinski definition) is 0. The van der Waals surface area contributed by atoms with E-state index in [4.69, 9.17) is 14.2 Å². The van der Waals surface area contributed by atoms with E-state index >= 15 is 0 Å². The molecule has 150 valence electrons. The molecular weight excluding hydrogens is 358 g/mol. The van der Waals surface area contributed by atoms with Gasteiger partial charge in [-0.1, -0.05) is 19.9 Å². The number of carbonyl (C=O) groups excluding carboxylic acids is 2. The number of carbonyl (C=O) groups is 2. The maximum Gasteiger partial charge on any atom is 0.513 e. The highest BCUT2D eigenvalue weighted by Crippen LogP contribution is 2.63. The summed E-state index contributed by atoms with van der Waals surface area (Å²) < 4.78 is 17.0. The third-order valence-electron chi connectivity index (χ3n) is 7.10. The van der Waals surface area contributed by atoms with Crippen LogP contribution >= 0.6 is 0 Å². The normalized spacial score (nSPS) is 32.7. The van der Waals surface area contributed by atoms with Crippen molar-refractivity contribution in [2.75, 3.05) is 20.2 Å². The highest BCUT2D eigenvalue weighted by atomic mass is 16.7. The maximum atomic E-state index is 12.8. The highest BCUT2D eigenvalue weighted by molar-refractivity contribution is 5.89. The Labute approximate surface area is 165 Å². The summed E-state index contributed by atoms with van der Waals surface area (Å²) in [5.41, 5.74) is 2.08. The molecule has 2 aliphatic carbocycles. The summed E-state index contributed by atoms with van der Waals surface area (Å²) in [6.45, 7) is 5.21. The molecule has 6 nitrogen and oxygen atoms in total. The zero-order valence-electron chi connectivity index (χ0n) is 16.7. The fraction of sp³-hybridized carbons (Fsp3) is 0.636. The van der Waals surface area contributed by atoms with Crippen molar-refractivity contribution in [2.24, 2.45) is 11.8 Å². The summed E-state index contributed by atoms with van der Waals surface area (Å²) in [7, 11) is 2.19. The van der Waals surface area contributed by atoms with Crippen molar-refractivity contribution in [1.29, 1.82) is 0 Å². The minimum atomic E-state index is -0.721. The standard InChI is InChI=1S/C22H27NO5/c1-12(2)11-26-21(25)27-17-7-4-13-10-15-14-5-6-16(24)20-22(14,8-9-23(15)3)18(13)19(17)28-20/h4,7,12,14-15,20H,5-6,8-11H2,1-3H3/t14?,15-,20+,22+/m1/s1. The Morgan fingerprint density at radius 1 is 1.39 bits per heavy atom. The molecule has 4 aliphatic rings. The van der Waals surface area contributed by atoms with Gasteiger partial charge in [-0.2, -0.15) is 0 Å². The summed E-state index contributed by atoms with van der Waals surface area (Å²) >= 11 is 0. The maximum absolute atomic E-state index is 12.8. The van der Waals surface area contributed by atoms with Crippen LogP contribution in [0.4, 0.5) is 4.79 Å². The molecule has 1 saturated carbocycles. The number of rotatable bonds is 3. The van der Waals surface area contributed by atoms with E-state index in [0.717, 1.165) is 31.4 Å². The minimum absolute atomic E-state index is 0.178. The summed E-state index contributed by atoms with van der Waals surface area (Å²) in [5, 5.41) is 0. The van der Waals surface area contributed by atoms with Crippen LogP contribution in [0.2, 0.25) is 0 Å². The van der Waals surface area contributed by atoms with E-state index in [2.05, 4.69) is 11.9 Å². The van der Waals surface area contributed by atoms with Gasteiger partial charge in [0.05, 0.1) is 6.61 Å². The molecule has 0 amide bonds. The Balaban J connectivity index is 1.56. The lowest BCUT2D eigenvalue weighted by Crippen LogP contribution is -2.65. The first-order chi connectivity index (χ1) is 13.4. The number of piperidine rings is 1. The number of likely N-dealkylation sites (N-methyl/N-ethyl adjacent to an activating group) is 1. The number of ketones is 1. The largest absolute Gasteiger partial charge is 0.513 e. The second-order valence-electron chi connectivity index (χ2n) is 9.14. The smallest absolute Gasteiger partial charge is 0.477 e. The van der Waals surface area contributed by atoms with Crippen molar-refractivity contribution < 1.29 is 23.8 Å². The van der Waals surface area contributed by atoms with Crippen molar-refractivity contribution in [1.82, 2.24) is 4.90 Å². The average molecular weight is 385 g/mol. The van der Waals surface area contributed by atoms with E-state index < -0.39 is 12.3 Å². The molecule has 1 aromatic rings. The van der Waals surface area contributed by atoms with Crippen molar-refractivity contribution in [3.63, 3.8) is 0 Å². The third-order valence-corrected chi connectivity index (χ3v) is 7.10. The quantitative estimate of drug-likeness (QED) is 0.588. The summed E-state index contributed by atoms with van der Waals surface area (Å²) in [6.07, 6.45) is 2.16. The number of nitrogens with zero attached hydrogens (tertiary/aromatic N) is 1. The van der Waals surface area contributed by atoms with Crippen LogP contribution in [0.15, 0.2) is 12.1 Å². The molecule has 2 fully saturated rings. The van der Waals surface area contributed by atoms with E-state index in [9.17, 15) is 9.59 Å². The fourth-order valence-electron chi connectivity index (χ4n) is 5.94. The number of hydrogen-bond acceptors (Lipinski definition) is 6. The van der Waals surface area contributed by atoms with E-state index in [-0.39, 0.29) is 17.1 Å². The van der Waals surface area contributed by atoms with Crippen LogP contribution in [-0.2, 0) is 21.4 Å². The van der Waals surface area contributed by atoms with Gasteiger partial charge in [-0.15, -0.1) is 0 Å². The topological polar surface area (TPSA) is 65.1 Å². The van der Waals surface area contributed by atoms with Crippen LogP contribution in [0.3, 0.4) is 0 Å². The number of ether oxygens (including phenoxy) is 3. The lowest BCUT2D eigenvalue weighted by molar-refractivity contribution is -0.138. The molecule has 4 atom stereocenters. The van der Waals surface area contributed by atoms with Gasteiger partial charge >= 0.3 is 6.16 Å². The van der Waals surface area contributed by atoms with Gasteiger partial charge in [-0.05, 0) is 56.3 Å². The third kappa shape index (κ3) is 2.36. The summed E-state index contributed by atoms with van der Waals surface area (Å²) in [4.78, 5) is 27.4. The molecule has 0 radical (unpaired) electrons. The first-order valence-electron chi connectivity index (χ1n) is 10.3. The summed E-state index contributed by atoms with van der Waals surface area (Å²) in [5.74, 6) is 1.79. The first kappa shape index (κ1) is 18.0. The van der Waals surface area contributed by atoms with Crippen molar-refractivity contribution in [2.45, 2.75) is 57.1 Å². The van der Waals surface area contributed by atoms with Gasteiger partial charge in [0, 0.05) is 23.4 Å². The monoisotopic (exact) mass is 385 g/mol. The zero-order chi connectivity index (χ0) is 19.6. The van der Waals surface area contributed by atoms with Crippen molar-refractivity contribution in [3.05, 3.63) is 23.3 Å². The molecule has 2 bridgehead atoms. The van der Waals surface area contributed by atoms with Gasteiger partial charge in [0.2, 0.25) is 0 Å². The van der Waals surface area contributed by atoms with Gasteiger partial charge < -0.3 is 19.1 Å². The molecule has 1 spiro atoms. The summed E-state index contributed by atoms with van der Waals surface area (Å²) in [6, 6.07) is 4.27. The Hall–Kier alpha value is -2.08. The molecule has 1 aromatic carbocycles. The fourth-order valence-corrected chi connectivity index (χ4v) is 5.94. The molecule has 2 aliphatic heterocycles. The minimum Gasteiger partial charge on any atom is -0.477 e. The van der Waals surface area contributed by atoms with Crippen LogP contribution in [0.1, 0.15) is 44.2 Å². The SMILES string of the molecule is CC(C)COC(=O)Oc1ccc2c3c1O[C@H]1C(=O)CCC4[C@@H](C2)N(C)CC[C@@]341. The number of Topliss-reactive ketones (excluding diaryl/α,β-unsaturated/α-hetero) is 1.